The molecule has 0 radical (unpaired) electrons. The lowest BCUT2D eigenvalue weighted by molar-refractivity contribution is 0.168. The smallest absolute Gasteiger partial charge is 0.411 e. The van der Waals surface area contributed by atoms with Gasteiger partial charge in [-0.1, -0.05) is 6.07 Å². The van der Waals surface area contributed by atoms with Gasteiger partial charge in [0, 0.05) is 11.4 Å². The fourth-order valence-corrected chi connectivity index (χ4v) is 1.28. The molecule has 18 heavy (non-hydrogen) atoms. The molecule has 0 bridgehead atoms. The Balaban J connectivity index is 2.80. The first-order valence-electron chi connectivity index (χ1n) is 5.46. The maximum absolute atomic E-state index is 11.3. The van der Waals surface area contributed by atoms with E-state index in [4.69, 9.17) is 4.74 Å². The summed E-state index contributed by atoms with van der Waals surface area (Å²) in [5, 5.41) is 5.10. The summed E-state index contributed by atoms with van der Waals surface area (Å²) in [7, 11) is 1.28. The molecule has 0 aliphatic heterocycles. The molecule has 0 aliphatic rings. The molecular weight excluding hydrogens is 236 g/mol. The molecule has 6 nitrogen and oxygen atoms in total. The number of hydrogen-bond acceptors (Lipinski definition) is 4. The molecule has 0 unspecified atom stereocenters. The average Bonchev–Trinajstić information content (AvgIpc) is 2.33. The standard InChI is InChI=1S/C12H16N2O4/c1-4-18-12(16)14-10-7-9(6-5-8(10)2)13-11(15)17-3/h5-7H,4H2,1-3H3,(H,13,15)(H,14,16). The first-order chi connectivity index (χ1) is 8.56. The largest absolute Gasteiger partial charge is 0.453 e. The van der Waals surface area contributed by atoms with E-state index in [1.807, 2.05) is 6.92 Å². The Morgan fingerprint density at radius 1 is 1.22 bits per heavy atom. The van der Waals surface area contributed by atoms with Crippen molar-refractivity contribution in [2.45, 2.75) is 13.8 Å². The number of carbonyl (C=O) groups is 2. The Bertz CT molecular complexity index is 446. The molecule has 2 amide bonds. The molecular formula is C12H16N2O4. The van der Waals surface area contributed by atoms with Crippen molar-refractivity contribution in [1.82, 2.24) is 0 Å². The molecule has 98 valence electrons. The molecule has 6 heteroatoms. The van der Waals surface area contributed by atoms with Crippen LogP contribution in [0.2, 0.25) is 0 Å². The highest BCUT2D eigenvalue weighted by atomic mass is 16.5. The summed E-state index contributed by atoms with van der Waals surface area (Å²) in [5.41, 5.74) is 1.96. The van der Waals surface area contributed by atoms with Gasteiger partial charge in [0.25, 0.3) is 0 Å². The van der Waals surface area contributed by atoms with Crippen molar-refractivity contribution in [3.05, 3.63) is 23.8 Å². The molecule has 0 aliphatic carbocycles. The summed E-state index contributed by atoms with van der Waals surface area (Å²) < 4.78 is 9.26. The number of aryl methyl sites for hydroxylation is 1. The zero-order valence-electron chi connectivity index (χ0n) is 10.6. The van der Waals surface area contributed by atoms with Crippen molar-refractivity contribution in [3.8, 4) is 0 Å². The van der Waals surface area contributed by atoms with E-state index in [-0.39, 0.29) is 0 Å². The number of ether oxygens (including phenoxy) is 2. The van der Waals surface area contributed by atoms with Gasteiger partial charge >= 0.3 is 12.2 Å². The van der Waals surface area contributed by atoms with Crippen molar-refractivity contribution >= 4 is 23.6 Å². The number of anilines is 2. The van der Waals surface area contributed by atoms with Crippen LogP contribution in [0.4, 0.5) is 21.0 Å². The van der Waals surface area contributed by atoms with E-state index in [0.717, 1.165) is 5.56 Å². The van der Waals surface area contributed by atoms with Gasteiger partial charge in [-0.3, -0.25) is 10.6 Å². The third-order valence-corrected chi connectivity index (χ3v) is 2.18. The van der Waals surface area contributed by atoms with Crippen LogP contribution in [-0.2, 0) is 9.47 Å². The predicted molar refractivity (Wildman–Crippen MR) is 67.9 cm³/mol. The lowest BCUT2D eigenvalue weighted by Gasteiger charge is -2.10. The van der Waals surface area contributed by atoms with Crippen LogP contribution < -0.4 is 10.6 Å². The Labute approximate surface area is 105 Å². The van der Waals surface area contributed by atoms with E-state index in [1.165, 1.54) is 7.11 Å². The zero-order valence-corrected chi connectivity index (χ0v) is 10.6. The predicted octanol–water partition coefficient (Wildman–Crippen LogP) is 2.74. The highest BCUT2D eigenvalue weighted by molar-refractivity contribution is 5.89. The monoisotopic (exact) mass is 252 g/mol. The van der Waals surface area contributed by atoms with Crippen LogP contribution in [0.1, 0.15) is 12.5 Å². The molecule has 0 saturated carbocycles. The van der Waals surface area contributed by atoms with Gasteiger partial charge in [-0.25, -0.2) is 9.59 Å². The highest BCUT2D eigenvalue weighted by Crippen LogP contribution is 2.20. The zero-order chi connectivity index (χ0) is 13.5. The summed E-state index contributed by atoms with van der Waals surface area (Å²) in [6.45, 7) is 3.86. The Morgan fingerprint density at radius 2 is 1.94 bits per heavy atom. The van der Waals surface area contributed by atoms with Crippen LogP contribution >= 0.6 is 0 Å². The van der Waals surface area contributed by atoms with Crippen molar-refractivity contribution in [2.75, 3.05) is 24.4 Å². The third-order valence-electron chi connectivity index (χ3n) is 2.18. The van der Waals surface area contributed by atoms with Crippen LogP contribution in [0.15, 0.2) is 18.2 Å². The fraction of sp³-hybridized carbons (Fsp3) is 0.333. The summed E-state index contributed by atoms with van der Waals surface area (Å²) in [5.74, 6) is 0. The van der Waals surface area contributed by atoms with Gasteiger partial charge in [-0.05, 0) is 31.5 Å². The lowest BCUT2D eigenvalue weighted by atomic mass is 10.2. The van der Waals surface area contributed by atoms with Gasteiger partial charge in [0.15, 0.2) is 0 Å². The Hall–Kier alpha value is -2.24. The van der Waals surface area contributed by atoms with Crippen molar-refractivity contribution in [1.29, 1.82) is 0 Å². The van der Waals surface area contributed by atoms with Gasteiger partial charge in [0.1, 0.15) is 0 Å². The molecule has 0 saturated heterocycles. The van der Waals surface area contributed by atoms with Crippen molar-refractivity contribution in [3.63, 3.8) is 0 Å². The average molecular weight is 252 g/mol. The maximum atomic E-state index is 11.3. The minimum Gasteiger partial charge on any atom is -0.453 e. The van der Waals surface area contributed by atoms with Crippen LogP contribution in [-0.4, -0.2) is 25.9 Å². The van der Waals surface area contributed by atoms with E-state index in [1.54, 1.807) is 25.1 Å². The minimum atomic E-state index is -0.569. The molecule has 2 N–H and O–H groups in total. The maximum Gasteiger partial charge on any atom is 0.411 e. The molecule has 1 rings (SSSR count). The SMILES string of the molecule is CCOC(=O)Nc1cc(NC(=O)OC)ccc1C. The number of rotatable bonds is 3. The van der Waals surface area contributed by atoms with Crippen molar-refractivity contribution in [2.24, 2.45) is 0 Å². The van der Waals surface area contributed by atoms with Crippen LogP contribution in [0.25, 0.3) is 0 Å². The number of methoxy groups -OCH3 is 1. The van der Waals surface area contributed by atoms with E-state index < -0.39 is 12.2 Å². The lowest BCUT2D eigenvalue weighted by Crippen LogP contribution is -2.15. The summed E-state index contributed by atoms with van der Waals surface area (Å²) in [4.78, 5) is 22.4. The van der Waals surface area contributed by atoms with E-state index >= 15 is 0 Å². The molecule has 0 heterocycles. The van der Waals surface area contributed by atoms with Crippen molar-refractivity contribution < 1.29 is 19.1 Å². The Morgan fingerprint density at radius 3 is 2.56 bits per heavy atom. The summed E-state index contributed by atoms with van der Waals surface area (Å²) >= 11 is 0. The van der Waals surface area contributed by atoms with Crippen LogP contribution in [0.3, 0.4) is 0 Å². The topological polar surface area (TPSA) is 76.7 Å². The summed E-state index contributed by atoms with van der Waals surface area (Å²) in [6.07, 6.45) is -1.10. The minimum absolute atomic E-state index is 0.297. The first-order valence-corrected chi connectivity index (χ1v) is 5.46. The van der Waals surface area contributed by atoms with E-state index in [2.05, 4.69) is 15.4 Å². The number of carbonyl (C=O) groups excluding carboxylic acids is 2. The van der Waals surface area contributed by atoms with Gasteiger partial charge in [-0.2, -0.15) is 0 Å². The second-order valence-corrected chi connectivity index (χ2v) is 3.49. The van der Waals surface area contributed by atoms with Gasteiger partial charge in [-0.15, -0.1) is 0 Å². The number of nitrogens with one attached hydrogen (secondary N) is 2. The molecule has 1 aromatic carbocycles. The van der Waals surface area contributed by atoms with Crippen LogP contribution in [0.5, 0.6) is 0 Å². The first kappa shape index (κ1) is 13.8. The number of benzene rings is 1. The second kappa shape index (κ2) is 6.48. The fourth-order valence-electron chi connectivity index (χ4n) is 1.28. The highest BCUT2D eigenvalue weighted by Gasteiger charge is 2.07. The molecule has 1 aromatic rings. The number of hydrogen-bond donors (Lipinski definition) is 2. The summed E-state index contributed by atoms with van der Waals surface area (Å²) in [6, 6.07) is 5.11. The van der Waals surface area contributed by atoms with Gasteiger partial charge in [0.05, 0.1) is 13.7 Å². The van der Waals surface area contributed by atoms with E-state index in [9.17, 15) is 9.59 Å². The van der Waals surface area contributed by atoms with Crippen LogP contribution in [0, 0.1) is 6.92 Å². The third kappa shape index (κ3) is 3.97. The molecule has 0 aromatic heterocycles. The molecule has 0 spiro atoms. The van der Waals surface area contributed by atoms with E-state index in [0.29, 0.717) is 18.0 Å². The van der Waals surface area contributed by atoms with Gasteiger partial charge in [0.2, 0.25) is 0 Å². The second-order valence-electron chi connectivity index (χ2n) is 3.49. The molecule has 0 fully saturated rings. The number of amides is 2. The molecule has 0 atom stereocenters. The Kier molecular flexibility index (Phi) is 4.98. The normalized spacial score (nSPS) is 9.50. The quantitative estimate of drug-likeness (QED) is 0.867. The van der Waals surface area contributed by atoms with Gasteiger partial charge < -0.3 is 9.47 Å².